The molecule has 9 nitrogen and oxygen atoms in total. The first kappa shape index (κ1) is 22.9. The molecule has 11 heteroatoms. The van der Waals surface area contributed by atoms with E-state index in [1.54, 1.807) is 13.0 Å². The van der Waals surface area contributed by atoms with Crippen LogP contribution in [0.5, 0.6) is 0 Å². The van der Waals surface area contributed by atoms with Gasteiger partial charge in [-0.1, -0.05) is 17.3 Å². The van der Waals surface area contributed by atoms with Crippen LogP contribution >= 0.6 is 0 Å². The molecule has 1 unspecified atom stereocenters. The molecule has 0 radical (unpaired) electrons. The second kappa shape index (κ2) is 9.56. The fraction of sp³-hybridized carbons (Fsp3) is 0.450. The first-order valence-corrected chi connectivity index (χ1v) is 11.4. The van der Waals surface area contributed by atoms with Crippen LogP contribution in [0.15, 0.2) is 33.7 Å². The highest BCUT2D eigenvalue weighted by molar-refractivity contribution is 7.89. The van der Waals surface area contributed by atoms with Crippen molar-refractivity contribution in [2.24, 2.45) is 5.92 Å². The summed E-state index contributed by atoms with van der Waals surface area (Å²) in [6, 6.07) is 5.62. The summed E-state index contributed by atoms with van der Waals surface area (Å²) < 4.78 is 45.8. The first-order chi connectivity index (χ1) is 14.7. The van der Waals surface area contributed by atoms with Gasteiger partial charge < -0.3 is 15.2 Å². The van der Waals surface area contributed by atoms with Crippen LogP contribution in [0.4, 0.5) is 4.39 Å². The minimum Gasteiger partial charge on any atom is -0.360 e. The third-order valence-corrected chi connectivity index (χ3v) is 7.26. The van der Waals surface area contributed by atoms with Crippen LogP contribution in [0.3, 0.4) is 0 Å². The number of benzene rings is 1. The zero-order chi connectivity index (χ0) is 22.6. The summed E-state index contributed by atoms with van der Waals surface area (Å²) in [6.45, 7) is 3.73. The van der Waals surface area contributed by atoms with Crippen molar-refractivity contribution in [2.75, 3.05) is 26.2 Å². The number of nitrogens with one attached hydrogen (secondary N) is 2. The lowest BCUT2D eigenvalue weighted by Gasteiger charge is -2.31. The van der Waals surface area contributed by atoms with Crippen molar-refractivity contribution >= 4 is 21.8 Å². The summed E-state index contributed by atoms with van der Waals surface area (Å²) in [7, 11) is -3.81. The topological polar surface area (TPSA) is 122 Å². The summed E-state index contributed by atoms with van der Waals surface area (Å²) in [6.07, 6.45) is 1.10. The van der Waals surface area contributed by atoms with E-state index in [0.717, 1.165) is 0 Å². The fourth-order valence-electron chi connectivity index (χ4n) is 3.59. The molecule has 1 aromatic carbocycles. The Balaban J connectivity index is 1.52. The quantitative estimate of drug-likeness (QED) is 0.612. The molecule has 1 aromatic heterocycles. The van der Waals surface area contributed by atoms with Gasteiger partial charge in [-0.2, -0.15) is 4.31 Å². The third kappa shape index (κ3) is 5.10. The van der Waals surface area contributed by atoms with E-state index in [1.807, 2.05) is 0 Å². The molecule has 2 N–H and O–H groups in total. The van der Waals surface area contributed by atoms with Crippen molar-refractivity contribution in [2.45, 2.75) is 31.6 Å². The Morgan fingerprint density at radius 1 is 1.23 bits per heavy atom. The molecule has 3 rings (SSSR count). The number of nitrogens with zero attached hydrogens (tertiary/aromatic N) is 2. The van der Waals surface area contributed by atoms with Gasteiger partial charge in [0.05, 0.1) is 11.5 Å². The normalized spacial score (nSPS) is 17.3. The number of aryl methyl sites for hydroxylation is 2. The van der Waals surface area contributed by atoms with Gasteiger partial charge in [0.1, 0.15) is 16.4 Å². The molecule has 168 valence electrons. The molecule has 1 saturated heterocycles. The largest absolute Gasteiger partial charge is 0.360 e. The maximum Gasteiger partial charge on any atom is 0.254 e. The van der Waals surface area contributed by atoms with Crippen LogP contribution < -0.4 is 10.6 Å². The van der Waals surface area contributed by atoms with Crippen molar-refractivity contribution in [1.29, 1.82) is 0 Å². The zero-order valence-electron chi connectivity index (χ0n) is 17.4. The van der Waals surface area contributed by atoms with Gasteiger partial charge in [0.2, 0.25) is 15.9 Å². The van der Waals surface area contributed by atoms with E-state index in [2.05, 4.69) is 15.8 Å². The lowest BCUT2D eigenvalue weighted by Crippen LogP contribution is -2.46. The first-order valence-electron chi connectivity index (χ1n) is 9.95. The van der Waals surface area contributed by atoms with Crippen molar-refractivity contribution in [1.82, 2.24) is 20.1 Å². The Labute approximate surface area is 180 Å². The summed E-state index contributed by atoms with van der Waals surface area (Å²) in [5.74, 6) is -1.77. The average molecular weight is 453 g/mol. The number of carbonyl (C=O) groups is 2. The molecule has 1 aliphatic rings. The van der Waals surface area contributed by atoms with Gasteiger partial charge in [0, 0.05) is 26.2 Å². The molecule has 1 fully saturated rings. The van der Waals surface area contributed by atoms with Gasteiger partial charge >= 0.3 is 0 Å². The highest BCUT2D eigenvalue weighted by atomic mass is 32.2. The van der Waals surface area contributed by atoms with Crippen LogP contribution in [0.25, 0.3) is 0 Å². The number of halogens is 1. The molecular formula is C20H25FN4O5S. The van der Waals surface area contributed by atoms with Crippen LogP contribution in [0.1, 0.15) is 34.7 Å². The Bertz CT molecular complexity index is 1050. The summed E-state index contributed by atoms with van der Waals surface area (Å²) in [5.41, 5.74) is 0.218. The molecule has 0 bridgehead atoms. The van der Waals surface area contributed by atoms with Crippen molar-refractivity contribution in [3.05, 3.63) is 47.1 Å². The Morgan fingerprint density at radius 3 is 2.61 bits per heavy atom. The van der Waals surface area contributed by atoms with Gasteiger partial charge in [0.25, 0.3) is 5.91 Å². The van der Waals surface area contributed by atoms with Gasteiger partial charge in [0.15, 0.2) is 5.76 Å². The van der Waals surface area contributed by atoms with Crippen LogP contribution in [-0.2, 0) is 14.8 Å². The monoisotopic (exact) mass is 452 g/mol. The van der Waals surface area contributed by atoms with Crippen LogP contribution in [0, 0.1) is 25.6 Å². The highest BCUT2D eigenvalue weighted by Crippen LogP contribution is 2.27. The highest BCUT2D eigenvalue weighted by Gasteiger charge is 2.36. The van der Waals surface area contributed by atoms with E-state index in [1.165, 1.54) is 29.4 Å². The van der Waals surface area contributed by atoms with E-state index in [4.69, 9.17) is 4.52 Å². The number of hydrogen-bond donors (Lipinski definition) is 2. The van der Waals surface area contributed by atoms with Gasteiger partial charge in [-0.05, 0) is 38.8 Å². The third-order valence-electron chi connectivity index (χ3n) is 5.15. The number of rotatable bonds is 7. The number of hydrogen-bond acceptors (Lipinski definition) is 6. The lowest BCUT2D eigenvalue weighted by atomic mass is 9.99. The molecule has 0 saturated carbocycles. The number of sulfonamides is 1. The standard InChI is InChI=1S/C20H25FN4O5S/c1-13-18(14(2)30-24-13)31(28,29)25-11-5-6-15(12-25)19(26)22-9-10-23-20(27)16-7-3-4-8-17(16)21/h3-4,7-8,15H,5-6,9-12H2,1-2H3,(H,22,26)(H,23,27). The fourth-order valence-corrected chi connectivity index (χ4v) is 5.41. The summed E-state index contributed by atoms with van der Waals surface area (Å²) >= 11 is 0. The number of piperidine rings is 1. The van der Waals surface area contributed by atoms with Crippen molar-refractivity contribution in [3.8, 4) is 0 Å². The van der Waals surface area contributed by atoms with Gasteiger partial charge in [-0.3, -0.25) is 9.59 Å². The van der Waals surface area contributed by atoms with E-state index < -0.39 is 27.7 Å². The molecule has 1 atom stereocenters. The van der Waals surface area contributed by atoms with Gasteiger partial charge in [-0.15, -0.1) is 0 Å². The van der Waals surface area contributed by atoms with Crippen LogP contribution in [0.2, 0.25) is 0 Å². The van der Waals surface area contributed by atoms with Crippen molar-refractivity contribution < 1.29 is 26.9 Å². The van der Waals surface area contributed by atoms with E-state index in [9.17, 15) is 22.4 Å². The number of aromatic nitrogens is 1. The smallest absolute Gasteiger partial charge is 0.254 e. The second-order valence-electron chi connectivity index (χ2n) is 7.38. The van der Waals surface area contributed by atoms with E-state index >= 15 is 0 Å². The number of amides is 2. The summed E-state index contributed by atoms with van der Waals surface area (Å²) in [5, 5.41) is 8.95. The molecule has 2 heterocycles. The molecule has 2 aromatic rings. The van der Waals surface area contributed by atoms with Crippen LogP contribution in [-0.4, -0.2) is 55.9 Å². The summed E-state index contributed by atoms with van der Waals surface area (Å²) in [4.78, 5) is 24.6. The SMILES string of the molecule is Cc1noc(C)c1S(=O)(=O)N1CCCC(C(=O)NCCNC(=O)c2ccccc2F)C1. The van der Waals surface area contributed by atoms with E-state index in [0.29, 0.717) is 19.4 Å². The maximum absolute atomic E-state index is 13.6. The average Bonchev–Trinajstić information content (AvgIpc) is 3.10. The minimum atomic E-state index is -3.81. The Hall–Kier alpha value is -2.79. The predicted octanol–water partition coefficient (Wildman–Crippen LogP) is 1.38. The Kier molecular flexibility index (Phi) is 7.06. The molecule has 31 heavy (non-hydrogen) atoms. The molecule has 0 spiro atoms. The maximum atomic E-state index is 13.6. The predicted molar refractivity (Wildman–Crippen MR) is 109 cm³/mol. The molecule has 0 aliphatic carbocycles. The van der Waals surface area contributed by atoms with E-state index in [-0.39, 0.29) is 47.5 Å². The van der Waals surface area contributed by atoms with Crippen molar-refractivity contribution in [3.63, 3.8) is 0 Å². The molecule has 1 aliphatic heterocycles. The van der Waals surface area contributed by atoms with Gasteiger partial charge in [-0.25, -0.2) is 12.8 Å². The lowest BCUT2D eigenvalue weighted by molar-refractivity contribution is -0.126. The minimum absolute atomic E-state index is 0.0458. The second-order valence-corrected chi connectivity index (χ2v) is 9.26. The zero-order valence-corrected chi connectivity index (χ0v) is 18.2. The number of carbonyl (C=O) groups excluding carboxylic acids is 2. The molecule has 2 amide bonds. The molecular weight excluding hydrogens is 427 g/mol. The Morgan fingerprint density at radius 2 is 1.94 bits per heavy atom.